The standard InChI is InChI=1S/C19H21NO3/c1-4-5-15-8-11-17(18(12-15)22-3)23-13-19(21)20-16-9-6-14(2)7-10-16/h4-12H,13H2,1-3H3,(H,20,21)/b5-4+. The van der Waals surface area contributed by atoms with Crippen LogP contribution >= 0.6 is 0 Å². The van der Waals surface area contributed by atoms with Crippen molar-refractivity contribution in [3.63, 3.8) is 0 Å². The first-order valence-electron chi connectivity index (χ1n) is 7.42. The largest absolute Gasteiger partial charge is 0.493 e. The molecule has 1 N–H and O–H groups in total. The van der Waals surface area contributed by atoms with E-state index in [2.05, 4.69) is 5.32 Å². The molecular formula is C19H21NO3. The predicted octanol–water partition coefficient (Wildman–Crippen LogP) is 4.05. The van der Waals surface area contributed by atoms with Crippen LogP contribution in [-0.4, -0.2) is 19.6 Å². The van der Waals surface area contributed by atoms with Gasteiger partial charge < -0.3 is 14.8 Å². The predicted molar refractivity (Wildman–Crippen MR) is 93.0 cm³/mol. The fourth-order valence-electron chi connectivity index (χ4n) is 2.08. The molecule has 0 saturated carbocycles. The number of carbonyl (C=O) groups excluding carboxylic acids is 1. The molecule has 0 radical (unpaired) electrons. The highest BCUT2D eigenvalue weighted by Gasteiger charge is 2.08. The fraction of sp³-hybridized carbons (Fsp3) is 0.211. The molecule has 0 atom stereocenters. The lowest BCUT2D eigenvalue weighted by Crippen LogP contribution is -2.20. The number of carbonyl (C=O) groups is 1. The number of benzene rings is 2. The molecular weight excluding hydrogens is 290 g/mol. The van der Waals surface area contributed by atoms with Crippen LogP contribution in [0.5, 0.6) is 11.5 Å². The van der Waals surface area contributed by atoms with E-state index in [9.17, 15) is 4.79 Å². The molecule has 0 heterocycles. The summed E-state index contributed by atoms with van der Waals surface area (Å²) in [6.45, 7) is 3.87. The summed E-state index contributed by atoms with van der Waals surface area (Å²) in [7, 11) is 1.58. The molecule has 0 fully saturated rings. The van der Waals surface area contributed by atoms with Crippen LogP contribution in [-0.2, 0) is 4.79 Å². The zero-order valence-electron chi connectivity index (χ0n) is 13.6. The van der Waals surface area contributed by atoms with Crippen molar-refractivity contribution in [2.75, 3.05) is 19.0 Å². The lowest BCUT2D eigenvalue weighted by Gasteiger charge is -2.11. The van der Waals surface area contributed by atoms with E-state index in [0.717, 1.165) is 16.8 Å². The van der Waals surface area contributed by atoms with Crippen molar-refractivity contribution >= 4 is 17.7 Å². The Morgan fingerprint density at radius 3 is 2.52 bits per heavy atom. The molecule has 0 saturated heterocycles. The first-order valence-corrected chi connectivity index (χ1v) is 7.42. The van der Waals surface area contributed by atoms with Crippen LogP contribution in [0.2, 0.25) is 0 Å². The SMILES string of the molecule is C/C=C/c1ccc(OCC(=O)Nc2ccc(C)cc2)c(OC)c1. The second-order valence-electron chi connectivity index (χ2n) is 5.11. The minimum absolute atomic E-state index is 0.0762. The Morgan fingerprint density at radius 2 is 1.87 bits per heavy atom. The Hall–Kier alpha value is -2.75. The summed E-state index contributed by atoms with van der Waals surface area (Å²) >= 11 is 0. The van der Waals surface area contributed by atoms with Gasteiger partial charge in [-0.2, -0.15) is 0 Å². The highest BCUT2D eigenvalue weighted by atomic mass is 16.5. The summed E-state index contributed by atoms with van der Waals surface area (Å²) in [6.07, 6.45) is 3.92. The van der Waals surface area contributed by atoms with E-state index < -0.39 is 0 Å². The van der Waals surface area contributed by atoms with Crippen LogP contribution in [0.25, 0.3) is 6.08 Å². The first-order chi connectivity index (χ1) is 11.1. The van der Waals surface area contributed by atoms with Gasteiger partial charge in [0.2, 0.25) is 0 Å². The van der Waals surface area contributed by atoms with Gasteiger partial charge in [-0.3, -0.25) is 4.79 Å². The summed E-state index contributed by atoms with van der Waals surface area (Å²) in [4.78, 5) is 12.0. The average molecular weight is 311 g/mol. The van der Waals surface area contributed by atoms with Crippen LogP contribution in [0.1, 0.15) is 18.1 Å². The Labute approximate surface area is 136 Å². The number of hydrogen-bond donors (Lipinski definition) is 1. The van der Waals surface area contributed by atoms with Crippen LogP contribution in [0.15, 0.2) is 48.5 Å². The maximum absolute atomic E-state index is 12.0. The summed E-state index contributed by atoms with van der Waals surface area (Å²) in [5.41, 5.74) is 2.91. The number of allylic oxidation sites excluding steroid dienone is 1. The number of nitrogens with one attached hydrogen (secondary N) is 1. The molecule has 2 aromatic rings. The molecule has 120 valence electrons. The van der Waals surface area contributed by atoms with Gasteiger partial charge in [-0.25, -0.2) is 0 Å². The number of rotatable bonds is 6. The van der Waals surface area contributed by atoms with Gasteiger partial charge in [-0.1, -0.05) is 35.9 Å². The molecule has 23 heavy (non-hydrogen) atoms. The molecule has 2 aromatic carbocycles. The van der Waals surface area contributed by atoms with Crippen LogP contribution < -0.4 is 14.8 Å². The number of aryl methyl sites for hydroxylation is 1. The topological polar surface area (TPSA) is 47.6 Å². The molecule has 0 aliphatic rings. The van der Waals surface area contributed by atoms with E-state index in [0.29, 0.717) is 11.5 Å². The third kappa shape index (κ3) is 4.88. The van der Waals surface area contributed by atoms with E-state index >= 15 is 0 Å². The molecule has 0 unspecified atom stereocenters. The highest BCUT2D eigenvalue weighted by molar-refractivity contribution is 5.91. The Balaban J connectivity index is 1.97. The number of ether oxygens (including phenoxy) is 2. The maximum Gasteiger partial charge on any atom is 0.262 e. The second-order valence-corrected chi connectivity index (χ2v) is 5.11. The Kier molecular flexibility index (Phi) is 5.80. The van der Waals surface area contributed by atoms with E-state index in [1.165, 1.54) is 0 Å². The summed E-state index contributed by atoms with van der Waals surface area (Å²) in [6, 6.07) is 13.2. The van der Waals surface area contributed by atoms with Gasteiger partial charge in [0.1, 0.15) is 0 Å². The summed E-state index contributed by atoms with van der Waals surface area (Å²) in [5.74, 6) is 0.928. The molecule has 2 rings (SSSR count). The molecule has 0 aromatic heterocycles. The molecule has 0 bridgehead atoms. The van der Waals surface area contributed by atoms with E-state index in [1.54, 1.807) is 13.2 Å². The van der Waals surface area contributed by atoms with Crippen molar-refractivity contribution in [3.8, 4) is 11.5 Å². The molecule has 0 aliphatic heterocycles. The van der Waals surface area contributed by atoms with E-state index in [4.69, 9.17) is 9.47 Å². The highest BCUT2D eigenvalue weighted by Crippen LogP contribution is 2.28. The van der Waals surface area contributed by atoms with Crippen molar-refractivity contribution in [2.24, 2.45) is 0 Å². The minimum Gasteiger partial charge on any atom is -0.493 e. The second kappa shape index (κ2) is 8.03. The minimum atomic E-state index is -0.214. The van der Waals surface area contributed by atoms with Gasteiger partial charge in [0.15, 0.2) is 18.1 Å². The van der Waals surface area contributed by atoms with Crippen molar-refractivity contribution in [3.05, 3.63) is 59.7 Å². The molecule has 4 heteroatoms. The first kappa shape index (κ1) is 16.6. The zero-order chi connectivity index (χ0) is 16.7. The van der Waals surface area contributed by atoms with E-state index in [-0.39, 0.29) is 12.5 Å². The Bertz CT molecular complexity index is 690. The number of anilines is 1. The number of methoxy groups -OCH3 is 1. The molecule has 4 nitrogen and oxygen atoms in total. The van der Waals surface area contributed by atoms with Crippen molar-refractivity contribution in [1.82, 2.24) is 0 Å². The van der Waals surface area contributed by atoms with Crippen LogP contribution in [0, 0.1) is 6.92 Å². The van der Waals surface area contributed by atoms with Crippen molar-refractivity contribution in [2.45, 2.75) is 13.8 Å². The van der Waals surface area contributed by atoms with Gasteiger partial charge >= 0.3 is 0 Å². The number of amides is 1. The smallest absolute Gasteiger partial charge is 0.262 e. The summed E-state index contributed by atoms with van der Waals surface area (Å²) in [5, 5.41) is 2.79. The van der Waals surface area contributed by atoms with Gasteiger partial charge in [0.05, 0.1) is 7.11 Å². The lowest BCUT2D eigenvalue weighted by molar-refractivity contribution is -0.118. The van der Waals surface area contributed by atoms with Crippen LogP contribution in [0.4, 0.5) is 5.69 Å². The maximum atomic E-state index is 12.0. The van der Waals surface area contributed by atoms with Gasteiger partial charge in [-0.05, 0) is 43.7 Å². The lowest BCUT2D eigenvalue weighted by atomic mass is 10.2. The van der Waals surface area contributed by atoms with Crippen LogP contribution in [0.3, 0.4) is 0 Å². The normalized spacial score (nSPS) is 10.6. The third-order valence-electron chi connectivity index (χ3n) is 3.24. The molecule has 1 amide bonds. The quantitative estimate of drug-likeness (QED) is 0.875. The van der Waals surface area contributed by atoms with Crippen molar-refractivity contribution < 1.29 is 14.3 Å². The summed E-state index contributed by atoms with van der Waals surface area (Å²) < 4.78 is 10.9. The van der Waals surface area contributed by atoms with Gasteiger partial charge in [0, 0.05) is 5.69 Å². The van der Waals surface area contributed by atoms with Crippen molar-refractivity contribution in [1.29, 1.82) is 0 Å². The molecule has 0 aliphatic carbocycles. The molecule has 0 spiro atoms. The Morgan fingerprint density at radius 1 is 1.13 bits per heavy atom. The fourth-order valence-corrected chi connectivity index (χ4v) is 2.08. The zero-order valence-corrected chi connectivity index (χ0v) is 13.6. The van der Waals surface area contributed by atoms with E-state index in [1.807, 2.05) is 62.4 Å². The monoisotopic (exact) mass is 311 g/mol. The third-order valence-corrected chi connectivity index (χ3v) is 3.24. The number of hydrogen-bond acceptors (Lipinski definition) is 3. The average Bonchev–Trinajstić information content (AvgIpc) is 2.56. The van der Waals surface area contributed by atoms with Gasteiger partial charge in [-0.15, -0.1) is 0 Å². The van der Waals surface area contributed by atoms with Gasteiger partial charge in [0.25, 0.3) is 5.91 Å².